The molecule has 11 nitrogen and oxygen atoms in total. The second-order valence-electron chi connectivity index (χ2n) is 10.4. The highest BCUT2D eigenvalue weighted by molar-refractivity contribution is 6.25. The minimum Gasteiger partial charge on any atom is -0.507 e. The largest absolute Gasteiger partial charge is 0.507 e. The van der Waals surface area contributed by atoms with Crippen LogP contribution >= 0.6 is 0 Å². The number of nitrogens with zero attached hydrogens (tertiary/aromatic N) is 2. The van der Waals surface area contributed by atoms with Gasteiger partial charge in [0.25, 0.3) is 0 Å². The van der Waals surface area contributed by atoms with Crippen molar-refractivity contribution in [1.29, 1.82) is 0 Å². The zero-order valence-corrected chi connectivity index (χ0v) is 21.1. The van der Waals surface area contributed by atoms with Crippen LogP contribution in [0.5, 0.6) is 11.5 Å². The van der Waals surface area contributed by atoms with E-state index in [1.54, 1.807) is 43.5 Å². The number of nitrogens with two attached hydrogens (primary N) is 1. The average molecular weight is 524 g/mol. The molecule has 2 saturated carbocycles. The summed E-state index contributed by atoms with van der Waals surface area (Å²) in [5.74, 6) is -7.26. The molecule has 1 aromatic heterocycles. The number of rotatable bonds is 4. The van der Waals surface area contributed by atoms with Crippen LogP contribution in [0.25, 0.3) is 16.9 Å². The van der Waals surface area contributed by atoms with E-state index >= 15 is 0 Å². The number of ether oxygens (including phenoxy) is 1. The number of phenolic OH excluding ortho intramolecular Hbond substituents is 1. The lowest BCUT2D eigenvalue weighted by molar-refractivity contribution is -0.184. The number of aromatic nitrogens is 1. The number of benzene rings is 1. The van der Waals surface area contributed by atoms with Crippen LogP contribution in [0.3, 0.4) is 0 Å². The highest BCUT2D eigenvalue weighted by Crippen LogP contribution is 2.53. The highest BCUT2D eigenvalue weighted by atomic mass is 16.5. The molecule has 200 valence electrons. The number of fused-ring (bicyclic) bond motifs is 3. The molecular formula is C27H29N3O8. The third-order valence-corrected chi connectivity index (χ3v) is 8.26. The molecule has 3 aliphatic rings. The van der Waals surface area contributed by atoms with Crippen LogP contribution < -0.4 is 10.5 Å². The van der Waals surface area contributed by atoms with Gasteiger partial charge in [-0.15, -0.1) is 0 Å². The van der Waals surface area contributed by atoms with Gasteiger partial charge in [0.2, 0.25) is 11.7 Å². The maximum Gasteiger partial charge on any atom is 0.230 e. The zero-order valence-electron chi connectivity index (χ0n) is 21.1. The fraction of sp³-hybridized carbons (Fsp3) is 0.407. The summed E-state index contributed by atoms with van der Waals surface area (Å²) in [4.78, 5) is 45.2. The summed E-state index contributed by atoms with van der Waals surface area (Å²) in [7, 11) is 4.72. The Hall–Kier alpha value is -3.80. The number of ketones is 2. The quantitative estimate of drug-likeness (QED) is 0.347. The van der Waals surface area contributed by atoms with Crippen molar-refractivity contribution in [3.63, 3.8) is 0 Å². The number of aromatic hydroxyl groups is 1. The summed E-state index contributed by atoms with van der Waals surface area (Å²) in [6.07, 6.45) is 1.84. The van der Waals surface area contributed by atoms with Crippen LogP contribution in [0.4, 0.5) is 0 Å². The summed E-state index contributed by atoms with van der Waals surface area (Å²) >= 11 is 0. The van der Waals surface area contributed by atoms with Crippen LogP contribution in [0.15, 0.2) is 36.2 Å². The maximum atomic E-state index is 13.9. The van der Waals surface area contributed by atoms with Crippen LogP contribution in [0, 0.1) is 17.8 Å². The number of aliphatic hydroxyl groups excluding tert-OH is 2. The second kappa shape index (κ2) is 8.90. The predicted octanol–water partition coefficient (Wildman–Crippen LogP) is 0.200. The first-order chi connectivity index (χ1) is 17.9. The molecule has 38 heavy (non-hydrogen) atoms. The van der Waals surface area contributed by atoms with E-state index in [1.165, 1.54) is 13.2 Å². The molecule has 2 unspecified atom stereocenters. The Morgan fingerprint density at radius 2 is 1.89 bits per heavy atom. The number of hydrogen-bond donors (Lipinski definition) is 5. The van der Waals surface area contributed by atoms with E-state index in [0.29, 0.717) is 22.4 Å². The van der Waals surface area contributed by atoms with Crippen LogP contribution in [0.2, 0.25) is 0 Å². The minimum atomic E-state index is -2.69. The van der Waals surface area contributed by atoms with Gasteiger partial charge in [0.05, 0.1) is 18.8 Å². The molecule has 1 heterocycles. The van der Waals surface area contributed by atoms with Gasteiger partial charge in [-0.1, -0.05) is 6.07 Å². The predicted molar refractivity (Wildman–Crippen MR) is 134 cm³/mol. The van der Waals surface area contributed by atoms with Gasteiger partial charge in [-0.05, 0) is 56.1 Å². The van der Waals surface area contributed by atoms with E-state index in [4.69, 9.17) is 10.5 Å². The average Bonchev–Trinajstić information content (AvgIpc) is 2.86. The summed E-state index contributed by atoms with van der Waals surface area (Å²) in [5.41, 5.74) is 4.30. The van der Waals surface area contributed by atoms with Gasteiger partial charge in [0.15, 0.2) is 11.4 Å². The summed E-state index contributed by atoms with van der Waals surface area (Å²) in [6, 6.07) is 3.76. The van der Waals surface area contributed by atoms with Crippen LogP contribution in [0.1, 0.15) is 17.5 Å². The van der Waals surface area contributed by atoms with Crippen LogP contribution in [-0.2, 0) is 20.8 Å². The monoisotopic (exact) mass is 523 g/mol. The van der Waals surface area contributed by atoms with E-state index in [-0.39, 0.29) is 29.7 Å². The third-order valence-electron chi connectivity index (χ3n) is 8.26. The van der Waals surface area contributed by atoms with E-state index in [9.17, 15) is 34.8 Å². The molecule has 5 rings (SSSR count). The van der Waals surface area contributed by atoms with Crippen molar-refractivity contribution in [3.05, 3.63) is 47.3 Å². The van der Waals surface area contributed by atoms with Crippen molar-refractivity contribution < 1.29 is 39.5 Å². The Kier molecular flexibility index (Phi) is 6.05. The molecule has 0 aliphatic heterocycles. The molecule has 1 amide bonds. The van der Waals surface area contributed by atoms with Gasteiger partial charge < -0.3 is 35.8 Å². The lowest BCUT2D eigenvalue weighted by Gasteiger charge is -2.53. The first-order valence-electron chi connectivity index (χ1n) is 12.2. The van der Waals surface area contributed by atoms with Crippen molar-refractivity contribution in [2.45, 2.75) is 30.6 Å². The van der Waals surface area contributed by atoms with Gasteiger partial charge >= 0.3 is 0 Å². The van der Waals surface area contributed by atoms with Crippen LogP contribution in [-0.4, -0.2) is 86.7 Å². The molecule has 6 atom stereocenters. The molecule has 2 fully saturated rings. The molecule has 2 aromatic rings. The Morgan fingerprint density at radius 3 is 2.53 bits per heavy atom. The highest BCUT2D eigenvalue weighted by Gasteiger charge is 2.67. The van der Waals surface area contributed by atoms with Gasteiger partial charge in [-0.3, -0.25) is 19.4 Å². The molecule has 6 N–H and O–H groups in total. The first kappa shape index (κ1) is 25.8. The zero-order chi connectivity index (χ0) is 27.7. The number of hydrogen-bond acceptors (Lipinski definition) is 10. The second-order valence-corrected chi connectivity index (χ2v) is 10.4. The van der Waals surface area contributed by atoms with Crippen molar-refractivity contribution in [2.24, 2.45) is 23.5 Å². The smallest absolute Gasteiger partial charge is 0.230 e. The number of carbonyl (C=O) groups excluding carboxylic acids is 3. The van der Waals surface area contributed by atoms with Crippen molar-refractivity contribution >= 4 is 23.2 Å². The molecule has 1 aromatic carbocycles. The van der Waals surface area contributed by atoms with Gasteiger partial charge in [-0.25, -0.2) is 0 Å². The van der Waals surface area contributed by atoms with E-state index < -0.39 is 58.7 Å². The Balaban J connectivity index is 1.72. The lowest BCUT2D eigenvalue weighted by Crippen LogP contribution is -2.73. The molecule has 0 bridgehead atoms. The fourth-order valence-corrected chi connectivity index (χ4v) is 6.62. The number of Topliss-reactive ketones (excluding diaryl/α,β-unsaturated/α-hetero) is 2. The number of phenols is 1. The fourth-order valence-electron chi connectivity index (χ4n) is 6.62. The number of amides is 1. The number of likely N-dealkylation sites (N-methyl/N-ethyl adjacent to an activating group) is 1. The summed E-state index contributed by atoms with van der Waals surface area (Å²) in [6.45, 7) is 0. The first-order valence-corrected chi connectivity index (χ1v) is 12.2. The topological polar surface area (TPSA) is 184 Å². The van der Waals surface area contributed by atoms with Gasteiger partial charge in [0, 0.05) is 35.5 Å². The normalized spacial score (nSPS) is 30.5. The molecule has 0 saturated heterocycles. The van der Waals surface area contributed by atoms with E-state index in [1.807, 2.05) is 0 Å². The third kappa shape index (κ3) is 3.39. The molecule has 0 radical (unpaired) electrons. The summed E-state index contributed by atoms with van der Waals surface area (Å²) in [5, 5.41) is 44.8. The summed E-state index contributed by atoms with van der Waals surface area (Å²) < 4.78 is 5.48. The molecule has 3 aliphatic carbocycles. The number of aliphatic hydroxyl groups is 3. The van der Waals surface area contributed by atoms with Gasteiger partial charge in [-0.2, -0.15) is 0 Å². The Labute approximate surface area is 218 Å². The van der Waals surface area contributed by atoms with Crippen molar-refractivity contribution in [3.8, 4) is 22.6 Å². The van der Waals surface area contributed by atoms with Crippen molar-refractivity contribution in [2.75, 3.05) is 21.2 Å². The number of pyridine rings is 1. The lowest BCUT2D eigenvalue weighted by atomic mass is 9.54. The number of methoxy groups -OCH3 is 1. The van der Waals surface area contributed by atoms with E-state index in [2.05, 4.69) is 4.98 Å². The number of primary amides is 1. The molecular weight excluding hydrogens is 494 g/mol. The number of carbonyl (C=O) groups is 3. The standard InChI is InChI=1S/C27H29N3O8/c1-30(2)21-15-9-11-8-13-12(14-10-29-7-6-17(14)38-3)4-5-16(31)19(13)22(32)18(11)24(34)27(15,37)25(35)20(23(21)33)26(28)36/h4-7,10-11,15,20-21,23,31-33,37H,8-9H2,1-3H3,(H2,28,36)/t11-,15-,20?,21-,23?,27-/m1/s1. The molecule has 0 spiro atoms. The Bertz CT molecular complexity index is 1400. The Morgan fingerprint density at radius 1 is 1.18 bits per heavy atom. The SMILES string of the molecule is COc1ccncc1-c1ccc(O)c2c1C[C@@H]1C[C@@H]3[C@@H](N(C)C)C(O)C(C(N)=O)C(=O)[C@]3(O)C(=O)C1=C2O. The maximum absolute atomic E-state index is 13.9. The van der Waals surface area contributed by atoms with E-state index in [0.717, 1.165) is 0 Å². The van der Waals surface area contributed by atoms with Gasteiger partial charge in [0.1, 0.15) is 23.2 Å². The minimum absolute atomic E-state index is 0.00830. The van der Waals surface area contributed by atoms with Crippen molar-refractivity contribution in [1.82, 2.24) is 9.88 Å². The molecule has 11 heteroatoms.